The first-order chi connectivity index (χ1) is 9.81. The topological polar surface area (TPSA) is 21.3 Å². The summed E-state index contributed by atoms with van der Waals surface area (Å²) < 4.78 is 8.08. The molecule has 0 amide bonds. The molecule has 1 aliphatic heterocycles. The van der Waals surface area contributed by atoms with Crippen LogP contribution in [-0.2, 0) is 4.74 Å². The molecule has 2 nitrogen and oxygen atoms in total. The second-order valence-electron chi connectivity index (χ2n) is 5.29. The van der Waals surface area contributed by atoms with Crippen molar-refractivity contribution in [1.82, 2.24) is 5.32 Å². The van der Waals surface area contributed by atoms with E-state index in [9.17, 15) is 0 Å². The van der Waals surface area contributed by atoms with Crippen molar-refractivity contribution in [3.63, 3.8) is 0 Å². The van der Waals surface area contributed by atoms with Gasteiger partial charge in [0.25, 0.3) is 0 Å². The van der Waals surface area contributed by atoms with Gasteiger partial charge in [0.15, 0.2) is 0 Å². The molecule has 2 heterocycles. The van der Waals surface area contributed by atoms with E-state index in [1.54, 1.807) is 0 Å². The largest absolute Gasteiger partial charge is 0.381 e. The van der Waals surface area contributed by atoms with Crippen LogP contribution >= 0.6 is 27.3 Å². The Morgan fingerprint density at radius 3 is 2.95 bits per heavy atom. The molecule has 0 spiro atoms. The van der Waals surface area contributed by atoms with Crippen molar-refractivity contribution in [3.05, 3.63) is 33.6 Å². The number of benzene rings is 1. The molecule has 1 N–H and O–H groups in total. The second kappa shape index (κ2) is 6.56. The van der Waals surface area contributed by atoms with Crippen molar-refractivity contribution >= 4 is 37.4 Å². The molecule has 3 rings (SSSR count). The Kier molecular flexibility index (Phi) is 4.76. The van der Waals surface area contributed by atoms with Crippen LogP contribution in [0, 0.1) is 5.92 Å². The Bertz CT molecular complexity index is 577. The normalized spacial score (nSPS) is 18.5. The Balaban J connectivity index is 1.98. The third-order valence-corrected chi connectivity index (χ3v) is 6.05. The summed E-state index contributed by atoms with van der Waals surface area (Å²) in [5, 5.41) is 7.42. The van der Waals surface area contributed by atoms with Crippen molar-refractivity contribution in [3.8, 4) is 0 Å². The monoisotopic (exact) mass is 353 g/mol. The van der Waals surface area contributed by atoms with Crippen molar-refractivity contribution in [1.29, 1.82) is 0 Å². The predicted octanol–water partition coefficient (Wildman–Crippen LogP) is 4.74. The van der Waals surface area contributed by atoms with Gasteiger partial charge >= 0.3 is 0 Å². The van der Waals surface area contributed by atoms with E-state index in [1.165, 1.54) is 20.1 Å². The number of halogens is 1. The Morgan fingerprint density at radius 2 is 2.20 bits per heavy atom. The Labute approximate surface area is 132 Å². The van der Waals surface area contributed by atoms with Gasteiger partial charge < -0.3 is 10.1 Å². The number of ether oxygens (including phenoxy) is 1. The van der Waals surface area contributed by atoms with Gasteiger partial charge in [0.05, 0.1) is 0 Å². The van der Waals surface area contributed by atoms with E-state index in [0.29, 0.717) is 12.0 Å². The molecule has 0 bridgehead atoms. The molecule has 1 saturated heterocycles. The van der Waals surface area contributed by atoms with Gasteiger partial charge in [0.2, 0.25) is 0 Å². The molecule has 4 heteroatoms. The van der Waals surface area contributed by atoms with E-state index in [1.807, 2.05) is 11.3 Å². The lowest BCUT2D eigenvalue weighted by Crippen LogP contribution is -2.31. The van der Waals surface area contributed by atoms with Gasteiger partial charge in [0.1, 0.15) is 0 Å². The molecule has 1 aromatic carbocycles. The number of nitrogens with one attached hydrogen (secondary N) is 1. The van der Waals surface area contributed by atoms with Crippen molar-refractivity contribution in [2.75, 3.05) is 19.8 Å². The van der Waals surface area contributed by atoms with Gasteiger partial charge in [0, 0.05) is 28.4 Å². The highest BCUT2D eigenvalue weighted by molar-refractivity contribution is 9.10. The summed E-state index contributed by atoms with van der Waals surface area (Å²) in [6, 6.07) is 6.96. The van der Waals surface area contributed by atoms with Crippen LogP contribution in [0.2, 0.25) is 0 Å². The predicted molar refractivity (Wildman–Crippen MR) is 89.5 cm³/mol. The number of fused-ring (bicyclic) bond motifs is 1. The zero-order valence-electron chi connectivity index (χ0n) is 11.7. The van der Waals surface area contributed by atoms with Crippen LogP contribution in [0.3, 0.4) is 0 Å². The summed E-state index contributed by atoms with van der Waals surface area (Å²) in [6.45, 7) is 5.00. The number of rotatable bonds is 4. The van der Waals surface area contributed by atoms with Crippen LogP contribution in [-0.4, -0.2) is 19.8 Å². The maximum absolute atomic E-state index is 5.52. The van der Waals surface area contributed by atoms with E-state index < -0.39 is 0 Å². The van der Waals surface area contributed by atoms with Gasteiger partial charge in [-0.1, -0.05) is 19.1 Å². The summed E-state index contributed by atoms with van der Waals surface area (Å²) in [4.78, 5) is 0. The van der Waals surface area contributed by atoms with Gasteiger partial charge in [-0.05, 0) is 63.6 Å². The van der Waals surface area contributed by atoms with Crippen LogP contribution in [0.25, 0.3) is 10.1 Å². The Hall–Kier alpha value is -0.420. The third-order valence-electron chi connectivity index (χ3n) is 4.08. The van der Waals surface area contributed by atoms with E-state index in [4.69, 9.17) is 4.74 Å². The first-order valence-corrected chi connectivity index (χ1v) is 8.95. The van der Waals surface area contributed by atoms with Crippen LogP contribution in [0.5, 0.6) is 0 Å². The molecule has 0 saturated carbocycles. The highest BCUT2D eigenvalue weighted by atomic mass is 79.9. The first kappa shape index (κ1) is 14.5. The molecule has 20 heavy (non-hydrogen) atoms. The second-order valence-corrected chi connectivity index (χ2v) is 7.03. The molecule has 1 atom stereocenters. The summed E-state index contributed by atoms with van der Waals surface area (Å²) in [6.07, 6.45) is 2.31. The van der Waals surface area contributed by atoms with Crippen LogP contribution in [0.4, 0.5) is 0 Å². The maximum Gasteiger partial charge on any atom is 0.0488 e. The van der Waals surface area contributed by atoms with Gasteiger partial charge in [-0.25, -0.2) is 0 Å². The van der Waals surface area contributed by atoms with Crippen molar-refractivity contribution in [2.24, 2.45) is 5.92 Å². The average Bonchev–Trinajstić information content (AvgIpc) is 2.91. The summed E-state index contributed by atoms with van der Waals surface area (Å²) in [7, 11) is 0. The minimum absolute atomic E-state index is 0.451. The quantitative estimate of drug-likeness (QED) is 0.856. The number of hydrogen-bond acceptors (Lipinski definition) is 3. The SMILES string of the molecule is CCNC(c1csc2c(Br)cccc12)C1CCOCC1. The van der Waals surface area contributed by atoms with Crippen LogP contribution < -0.4 is 5.32 Å². The maximum atomic E-state index is 5.52. The molecule has 2 aromatic rings. The zero-order valence-corrected chi connectivity index (χ0v) is 14.1. The van der Waals surface area contributed by atoms with Crippen LogP contribution in [0.1, 0.15) is 31.4 Å². The molecule has 108 valence electrons. The fourth-order valence-electron chi connectivity index (χ4n) is 3.08. The molecular weight excluding hydrogens is 334 g/mol. The molecule has 1 unspecified atom stereocenters. The lowest BCUT2D eigenvalue weighted by Gasteiger charge is -2.31. The smallest absolute Gasteiger partial charge is 0.0488 e. The minimum Gasteiger partial charge on any atom is -0.381 e. The molecule has 0 aliphatic carbocycles. The summed E-state index contributed by atoms with van der Waals surface area (Å²) in [5.41, 5.74) is 1.46. The minimum atomic E-state index is 0.451. The molecular formula is C16H20BrNOS. The van der Waals surface area contributed by atoms with Crippen molar-refractivity contribution < 1.29 is 4.74 Å². The van der Waals surface area contributed by atoms with E-state index in [-0.39, 0.29) is 0 Å². The van der Waals surface area contributed by atoms with E-state index in [0.717, 1.165) is 32.6 Å². The van der Waals surface area contributed by atoms with Crippen molar-refractivity contribution in [2.45, 2.75) is 25.8 Å². The van der Waals surface area contributed by atoms with Crippen LogP contribution in [0.15, 0.2) is 28.1 Å². The standard InChI is InChI=1S/C16H20BrNOS/c1-2-18-15(11-6-8-19-9-7-11)13-10-20-16-12(13)4-3-5-14(16)17/h3-5,10-11,15,18H,2,6-9H2,1H3. The van der Waals surface area contributed by atoms with Gasteiger partial charge in [-0.2, -0.15) is 0 Å². The zero-order chi connectivity index (χ0) is 13.9. The molecule has 1 aromatic heterocycles. The first-order valence-electron chi connectivity index (χ1n) is 7.28. The summed E-state index contributed by atoms with van der Waals surface area (Å²) >= 11 is 5.50. The number of hydrogen-bond donors (Lipinski definition) is 1. The van der Waals surface area contributed by atoms with Gasteiger partial charge in [-0.3, -0.25) is 0 Å². The number of thiophene rings is 1. The van der Waals surface area contributed by atoms with E-state index >= 15 is 0 Å². The lowest BCUT2D eigenvalue weighted by atomic mass is 9.87. The molecule has 0 radical (unpaired) electrons. The third kappa shape index (κ3) is 2.80. The lowest BCUT2D eigenvalue weighted by molar-refractivity contribution is 0.0540. The fraction of sp³-hybridized carbons (Fsp3) is 0.500. The Morgan fingerprint density at radius 1 is 1.40 bits per heavy atom. The van der Waals surface area contributed by atoms with E-state index in [2.05, 4.69) is 51.7 Å². The molecule has 1 fully saturated rings. The fourth-order valence-corrected chi connectivity index (χ4v) is 4.74. The van der Waals surface area contributed by atoms with Gasteiger partial charge in [-0.15, -0.1) is 11.3 Å². The summed E-state index contributed by atoms with van der Waals surface area (Å²) in [5.74, 6) is 0.681. The average molecular weight is 354 g/mol. The molecule has 1 aliphatic rings. The highest BCUT2D eigenvalue weighted by Crippen LogP contribution is 2.39. The highest BCUT2D eigenvalue weighted by Gasteiger charge is 2.26.